The molecule has 0 radical (unpaired) electrons. The number of hydrogen-bond donors (Lipinski definition) is 3. The molecule has 0 saturated heterocycles. The van der Waals surface area contributed by atoms with Crippen LogP contribution in [0.3, 0.4) is 0 Å². The monoisotopic (exact) mass is 448 g/mol. The Hall–Kier alpha value is -2.84. The molecule has 0 atom stereocenters. The third kappa shape index (κ3) is 5.49. The second-order valence-electron chi connectivity index (χ2n) is 8.84. The maximum Gasteiger partial charge on any atom is 0.416 e. The van der Waals surface area contributed by atoms with Gasteiger partial charge in [-0.15, -0.1) is 0 Å². The number of carbonyl (C=O) groups excluding carboxylic acids is 2. The largest absolute Gasteiger partial charge is 0.416 e. The number of aromatic amines is 1. The van der Waals surface area contributed by atoms with Gasteiger partial charge in [0.1, 0.15) is 0 Å². The van der Waals surface area contributed by atoms with Crippen molar-refractivity contribution in [3.8, 4) is 0 Å². The Kier molecular flexibility index (Phi) is 6.53. The van der Waals surface area contributed by atoms with E-state index in [1.54, 1.807) is 0 Å². The minimum atomic E-state index is -4.42. The van der Waals surface area contributed by atoms with Gasteiger partial charge in [-0.05, 0) is 37.3 Å². The van der Waals surface area contributed by atoms with E-state index in [-0.39, 0.29) is 36.1 Å². The molecular weight excluding hydrogens is 421 g/mol. The molecule has 1 aromatic carbocycles. The quantitative estimate of drug-likeness (QED) is 0.606. The lowest BCUT2D eigenvalue weighted by molar-refractivity contribution is -0.137. The van der Waals surface area contributed by atoms with Crippen molar-refractivity contribution in [1.82, 2.24) is 15.5 Å². The predicted octanol–water partition coefficient (Wildman–Crippen LogP) is 4.55. The number of aromatic nitrogens is 2. The van der Waals surface area contributed by atoms with E-state index in [9.17, 15) is 22.8 Å². The minimum absolute atomic E-state index is 0.0242. The molecule has 3 N–H and O–H groups in total. The lowest BCUT2D eigenvalue weighted by atomic mass is 9.78. The van der Waals surface area contributed by atoms with Gasteiger partial charge in [0.15, 0.2) is 5.82 Å². The van der Waals surface area contributed by atoms with E-state index in [1.165, 1.54) is 18.6 Å². The van der Waals surface area contributed by atoms with Crippen molar-refractivity contribution in [2.75, 3.05) is 5.32 Å². The first kappa shape index (κ1) is 22.4. The Morgan fingerprint density at radius 3 is 2.56 bits per heavy atom. The van der Waals surface area contributed by atoms with Gasteiger partial charge < -0.3 is 10.6 Å². The number of alkyl halides is 3. The fraction of sp³-hybridized carbons (Fsp3) is 0.522. The van der Waals surface area contributed by atoms with Crippen molar-refractivity contribution < 1.29 is 22.8 Å². The standard InChI is InChI=1S/C23H27F3N4O2/c24-23(25,26)17-8-4-5-14(9-17)10-21(31)27-18-11-16(12-18)19-13-20(30-29-19)28-22(32)15-6-2-1-3-7-15/h4-5,8-9,13,15-16,18H,1-3,6-7,10-12H2,(H,27,31)(H2,28,29,30,32). The maximum atomic E-state index is 12.8. The van der Waals surface area contributed by atoms with E-state index < -0.39 is 11.7 Å². The summed E-state index contributed by atoms with van der Waals surface area (Å²) in [6, 6.07) is 6.65. The number of nitrogens with zero attached hydrogens (tertiary/aromatic N) is 1. The molecule has 32 heavy (non-hydrogen) atoms. The molecule has 9 heteroatoms. The van der Waals surface area contributed by atoms with Gasteiger partial charge in [0.25, 0.3) is 0 Å². The van der Waals surface area contributed by atoms with Crippen LogP contribution in [0.5, 0.6) is 0 Å². The van der Waals surface area contributed by atoms with E-state index in [4.69, 9.17) is 0 Å². The molecule has 2 aliphatic carbocycles. The molecule has 0 unspecified atom stereocenters. The van der Waals surface area contributed by atoms with Crippen LogP contribution in [-0.4, -0.2) is 28.1 Å². The van der Waals surface area contributed by atoms with Crippen molar-refractivity contribution in [2.24, 2.45) is 5.92 Å². The summed E-state index contributed by atoms with van der Waals surface area (Å²) in [5.74, 6) is 0.507. The van der Waals surface area contributed by atoms with Crippen molar-refractivity contribution in [3.05, 3.63) is 47.2 Å². The average molecular weight is 448 g/mol. The lowest BCUT2D eigenvalue weighted by Gasteiger charge is -2.35. The van der Waals surface area contributed by atoms with Gasteiger partial charge in [0, 0.05) is 29.6 Å². The Morgan fingerprint density at radius 1 is 1.09 bits per heavy atom. The first-order chi connectivity index (χ1) is 15.3. The first-order valence-electron chi connectivity index (χ1n) is 11.1. The second kappa shape index (κ2) is 9.34. The van der Waals surface area contributed by atoms with Crippen LogP contribution in [0.15, 0.2) is 30.3 Å². The van der Waals surface area contributed by atoms with Crippen LogP contribution < -0.4 is 10.6 Å². The molecule has 0 bridgehead atoms. The van der Waals surface area contributed by atoms with Gasteiger partial charge in [-0.3, -0.25) is 14.7 Å². The summed E-state index contributed by atoms with van der Waals surface area (Å²) in [5.41, 5.74) is 0.490. The molecule has 2 aromatic rings. The highest BCUT2D eigenvalue weighted by Crippen LogP contribution is 2.37. The highest BCUT2D eigenvalue weighted by molar-refractivity contribution is 5.91. The van der Waals surface area contributed by atoms with Crippen molar-refractivity contribution >= 4 is 17.6 Å². The summed E-state index contributed by atoms with van der Waals surface area (Å²) < 4.78 is 38.5. The van der Waals surface area contributed by atoms with Gasteiger partial charge in [0.05, 0.1) is 12.0 Å². The molecule has 172 valence electrons. The first-order valence-corrected chi connectivity index (χ1v) is 11.1. The molecule has 2 amide bonds. The summed E-state index contributed by atoms with van der Waals surface area (Å²) in [7, 11) is 0. The zero-order valence-corrected chi connectivity index (χ0v) is 17.7. The zero-order valence-electron chi connectivity index (χ0n) is 17.7. The Morgan fingerprint density at radius 2 is 1.84 bits per heavy atom. The minimum Gasteiger partial charge on any atom is -0.353 e. The summed E-state index contributed by atoms with van der Waals surface area (Å²) in [4.78, 5) is 24.6. The molecule has 0 spiro atoms. The van der Waals surface area contributed by atoms with Crippen LogP contribution in [0.2, 0.25) is 0 Å². The number of rotatable bonds is 6. The van der Waals surface area contributed by atoms with Gasteiger partial charge in [-0.2, -0.15) is 18.3 Å². The SMILES string of the molecule is O=C(Cc1cccc(C(F)(F)F)c1)NC1CC(c2cc(NC(=O)C3CCCCC3)n[nH]2)C1. The van der Waals surface area contributed by atoms with Crippen molar-refractivity contribution in [1.29, 1.82) is 0 Å². The number of benzene rings is 1. The fourth-order valence-electron chi connectivity index (χ4n) is 4.51. The van der Waals surface area contributed by atoms with E-state index in [1.807, 2.05) is 6.07 Å². The number of amides is 2. The Labute approximate surface area is 184 Å². The maximum absolute atomic E-state index is 12.8. The average Bonchev–Trinajstić information content (AvgIpc) is 3.18. The smallest absolute Gasteiger partial charge is 0.353 e. The lowest BCUT2D eigenvalue weighted by Crippen LogP contribution is -2.44. The summed E-state index contributed by atoms with van der Waals surface area (Å²) in [6.07, 6.45) is 2.13. The number of nitrogens with one attached hydrogen (secondary N) is 3. The highest BCUT2D eigenvalue weighted by Gasteiger charge is 2.33. The number of anilines is 1. The van der Waals surface area contributed by atoms with Crippen molar-refractivity contribution in [2.45, 2.75) is 69.5 Å². The molecule has 0 aliphatic heterocycles. The van der Waals surface area contributed by atoms with Crippen LogP contribution in [0.4, 0.5) is 19.0 Å². The third-order valence-electron chi connectivity index (χ3n) is 6.39. The number of hydrogen-bond acceptors (Lipinski definition) is 3. The third-order valence-corrected chi connectivity index (χ3v) is 6.39. The molecule has 2 saturated carbocycles. The molecule has 2 fully saturated rings. The molecule has 6 nitrogen and oxygen atoms in total. The van der Waals surface area contributed by atoms with Crippen LogP contribution in [-0.2, 0) is 22.2 Å². The Balaban J connectivity index is 1.22. The summed E-state index contributed by atoms with van der Waals surface area (Å²) >= 11 is 0. The predicted molar refractivity (Wildman–Crippen MR) is 113 cm³/mol. The van der Waals surface area contributed by atoms with Crippen LogP contribution >= 0.6 is 0 Å². The highest BCUT2D eigenvalue weighted by atomic mass is 19.4. The second-order valence-corrected chi connectivity index (χ2v) is 8.84. The molecule has 4 rings (SSSR count). The van der Waals surface area contributed by atoms with E-state index in [2.05, 4.69) is 20.8 Å². The van der Waals surface area contributed by atoms with Gasteiger partial charge in [0.2, 0.25) is 11.8 Å². The number of carbonyl (C=O) groups is 2. The molecule has 1 aromatic heterocycles. The van der Waals surface area contributed by atoms with Gasteiger partial charge in [-0.1, -0.05) is 37.5 Å². The molecule has 2 aliphatic rings. The summed E-state index contributed by atoms with van der Waals surface area (Å²) in [6.45, 7) is 0. The van der Waals surface area contributed by atoms with E-state index >= 15 is 0 Å². The van der Waals surface area contributed by atoms with Crippen molar-refractivity contribution in [3.63, 3.8) is 0 Å². The molecular formula is C23H27F3N4O2. The van der Waals surface area contributed by atoms with Crippen LogP contribution in [0.1, 0.15) is 67.7 Å². The summed E-state index contributed by atoms with van der Waals surface area (Å²) in [5, 5.41) is 12.9. The Bertz CT molecular complexity index is 960. The zero-order chi connectivity index (χ0) is 22.7. The normalized spacial score (nSPS) is 21.6. The number of H-pyrrole nitrogens is 1. The van der Waals surface area contributed by atoms with Crippen LogP contribution in [0, 0.1) is 5.92 Å². The van der Waals surface area contributed by atoms with E-state index in [0.717, 1.165) is 43.5 Å². The van der Waals surface area contributed by atoms with Gasteiger partial charge >= 0.3 is 6.18 Å². The van der Waals surface area contributed by atoms with Crippen LogP contribution in [0.25, 0.3) is 0 Å². The topological polar surface area (TPSA) is 86.9 Å². The van der Waals surface area contributed by atoms with Gasteiger partial charge in [-0.25, -0.2) is 0 Å². The number of halogens is 3. The molecule has 1 heterocycles. The fourth-order valence-corrected chi connectivity index (χ4v) is 4.51. The van der Waals surface area contributed by atoms with E-state index in [0.29, 0.717) is 24.2 Å².